The predicted octanol–water partition coefficient (Wildman–Crippen LogP) is 2.88. The molecule has 9 heteroatoms. The number of hydrogen-bond donors (Lipinski definition) is 2. The van der Waals surface area contributed by atoms with Gasteiger partial charge in [0.1, 0.15) is 10.5 Å². The lowest BCUT2D eigenvalue weighted by Crippen LogP contribution is -2.32. The van der Waals surface area contributed by atoms with Crippen LogP contribution in [0.25, 0.3) is 10.3 Å². The molecular formula is C19H21FN6OS. The Kier molecular flexibility index (Phi) is 4.94. The first-order chi connectivity index (χ1) is 13.4. The Labute approximate surface area is 165 Å². The molecule has 0 spiro atoms. The molecule has 3 aromatic rings. The number of fused-ring (bicyclic) bond motifs is 1. The molecule has 28 heavy (non-hydrogen) atoms. The standard InChI is InChI=1S/C19H21FN6OS/c1-10(12-4-3-5-13(20)8-12)22-19-24-15(16-17(25-19)23-11(2)28-16)18(27)26-7-6-14(21)9-26/h3-5,8,10,14H,6-7,9,21H2,1-2H3,(H,22,24,25). The third-order valence-electron chi connectivity index (χ3n) is 4.77. The maximum atomic E-state index is 13.5. The minimum absolute atomic E-state index is 0.00457. The van der Waals surface area contributed by atoms with Crippen LogP contribution in [-0.2, 0) is 0 Å². The fourth-order valence-corrected chi connectivity index (χ4v) is 4.15. The highest BCUT2D eigenvalue weighted by Crippen LogP contribution is 2.27. The van der Waals surface area contributed by atoms with Crippen molar-refractivity contribution in [1.82, 2.24) is 19.9 Å². The summed E-state index contributed by atoms with van der Waals surface area (Å²) in [5.74, 6) is -0.175. The van der Waals surface area contributed by atoms with E-state index >= 15 is 0 Å². The van der Waals surface area contributed by atoms with E-state index in [1.54, 1.807) is 11.0 Å². The van der Waals surface area contributed by atoms with Crippen LogP contribution in [0, 0.1) is 12.7 Å². The Bertz CT molecular complexity index is 1040. The summed E-state index contributed by atoms with van der Waals surface area (Å²) >= 11 is 1.40. The summed E-state index contributed by atoms with van der Waals surface area (Å²) in [6.45, 7) is 4.89. The quantitative estimate of drug-likeness (QED) is 0.699. The van der Waals surface area contributed by atoms with Gasteiger partial charge in [-0.2, -0.15) is 4.98 Å². The smallest absolute Gasteiger partial charge is 0.274 e. The molecule has 1 aromatic carbocycles. The third kappa shape index (κ3) is 3.67. The van der Waals surface area contributed by atoms with Crippen LogP contribution in [0.3, 0.4) is 0 Å². The molecule has 2 aromatic heterocycles. The zero-order valence-corrected chi connectivity index (χ0v) is 16.5. The van der Waals surface area contributed by atoms with Crippen LogP contribution in [0.5, 0.6) is 0 Å². The number of nitrogens with two attached hydrogens (primary N) is 1. The van der Waals surface area contributed by atoms with Crippen molar-refractivity contribution in [3.63, 3.8) is 0 Å². The molecular weight excluding hydrogens is 379 g/mol. The number of aryl methyl sites for hydroxylation is 1. The lowest BCUT2D eigenvalue weighted by atomic mass is 10.1. The number of aromatic nitrogens is 3. The minimum atomic E-state index is -0.307. The van der Waals surface area contributed by atoms with Crippen molar-refractivity contribution in [3.05, 3.63) is 46.3 Å². The van der Waals surface area contributed by atoms with Crippen molar-refractivity contribution in [3.8, 4) is 0 Å². The van der Waals surface area contributed by atoms with Crippen LogP contribution in [0.1, 0.15) is 40.4 Å². The summed E-state index contributed by atoms with van der Waals surface area (Å²) in [5.41, 5.74) is 7.53. The largest absolute Gasteiger partial charge is 0.348 e. The normalized spacial score (nSPS) is 17.9. The van der Waals surface area contributed by atoms with Crippen molar-refractivity contribution in [2.45, 2.75) is 32.4 Å². The molecule has 2 unspecified atom stereocenters. The Morgan fingerprint density at radius 2 is 2.21 bits per heavy atom. The summed E-state index contributed by atoms with van der Waals surface area (Å²) in [7, 11) is 0. The number of amides is 1. The molecule has 146 valence electrons. The number of carbonyl (C=O) groups excluding carboxylic acids is 1. The molecule has 0 radical (unpaired) electrons. The van der Waals surface area contributed by atoms with E-state index in [-0.39, 0.29) is 23.8 Å². The first-order valence-corrected chi connectivity index (χ1v) is 9.94. The molecule has 0 bridgehead atoms. The number of nitrogens with one attached hydrogen (secondary N) is 1. The molecule has 3 N–H and O–H groups in total. The van der Waals surface area contributed by atoms with Gasteiger partial charge in [-0.15, -0.1) is 11.3 Å². The molecule has 3 heterocycles. The van der Waals surface area contributed by atoms with E-state index in [1.807, 2.05) is 19.9 Å². The van der Waals surface area contributed by atoms with Crippen molar-refractivity contribution < 1.29 is 9.18 Å². The van der Waals surface area contributed by atoms with E-state index in [9.17, 15) is 9.18 Å². The predicted molar refractivity (Wildman–Crippen MR) is 107 cm³/mol. The van der Waals surface area contributed by atoms with Crippen molar-refractivity contribution in [2.75, 3.05) is 18.4 Å². The van der Waals surface area contributed by atoms with E-state index in [0.717, 1.165) is 17.0 Å². The average Bonchev–Trinajstić information content (AvgIpc) is 3.25. The number of rotatable bonds is 4. The monoisotopic (exact) mass is 400 g/mol. The van der Waals surface area contributed by atoms with E-state index < -0.39 is 0 Å². The third-order valence-corrected chi connectivity index (χ3v) is 5.74. The second-order valence-corrected chi connectivity index (χ2v) is 8.21. The maximum Gasteiger partial charge on any atom is 0.274 e. The van der Waals surface area contributed by atoms with Gasteiger partial charge in [0, 0.05) is 19.1 Å². The fraction of sp³-hybridized carbons (Fsp3) is 0.368. The first-order valence-electron chi connectivity index (χ1n) is 9.12. The SMILES string of the molecule is Cc1nc2nc(NC(C)c3cccc(F)c3)nc(C(=O)N3CCC(N)C3)c2s1. The summed E-state index contributed by atoms with van der Waals surface area (Å²) in [4.78, 5) is 28.1. The van der Waals surface area contributed by atoms with E-state index in [0.29, 0.717) is 35.1 Å². The van der Waals surface area contributed by atoms with Crippen LogP contribution in [0.15, 0.2) is 24.3 Å². The summed E-state index contributed by atoms with van der Waals surface area (Å²) in [6, 6.07) is 6.09. The van der Waals surface area contributed by atoms with Crippen LogP contribution in [0.4, 0.5) is 10.3 Å². The molecule has 0 aliphatic carbocycles. The highest BCUT2D eigenvalue weighted by Gasteiger charge is 2.28. The van der Waals surface area contributed by atoms with Gasteiger partial charge in [-0.1, -0.05) is 12.1 Å². The number of benzene rings is 1. The number of nitrogens with zero attached hydrogens (tertiary/aromatic N) is 4. The van der Waals surface area contributed by atoms with Gasteiger partial charge in [-0.25, -0.2) is 14.4 Å². The number of hydrogen-bond acceptors (Lipinski definition) is 7. The zero-order chi connectivity index (χ0) is 19.8. The van der Waals surface area contributed by atoms with Crippen LogP contribution < -0.4 is 11.1 Å². The lowest BCUT2D eigenvalue weighted by Gasteiger charge is -2.17. The van der Waals surface area contributed by atoms with Gasteiger partial charge in [0.2, 0.25) is 5.95 Å². The van der Waals surface area contributed by atoms with Crippen molar-refractivity contribution >= 4 is 33.5 Å². The highest BCUT2D eigenvalue weighted by molar-refractivity contribution is 7.18. The topological polar surface area (TPSA) is 97.0 Å². The van der Waals surface area contributed by atoms with Crippen LogP contribution in [-0.4, -0.2) is 44.9 Å². The Morgan fingerprint density at radius 3 is 2.93 bits per heavy atom. The molecule has 1 aliphatic rings. The van der Waals surface area contributed by atoms with E-state index in [2.05, 4.69) is 20.3 Å². The molecule has 1 saturated heterocycles. The molecule has 4 rings (SSSR count). The number of halogens is 1. The molecule has 2 atom stereocenters. The zero-order valence-electron chi connectivity index (χ0n) is 15.6. The Hall–Kier alpha value is -2.65. The van der Waals surface area contributed by atoms with Crippen molar-refractivity contribution in [1.29, 1.82) is 0 Å². The number of likely N-dealkylation sites (tertiary alicyclic amines) is 1. The van der Waals surface area contributed by atoms with Gasteiger partial charge in [0.05, 0.1) is 11.0 Å². The molecule has 0 saturated carbocycles. The molecule has 1 amide bonds. The first kappa shape index (κ1) is 18.7. The second kappa shape index (κ2) is 7.40. The van der Waals surface area contributed by atoms with Gasteiger partial charge in [-0.05, 0) is 38.0 Å². The summed E-state index contributed by atoms with van der Waals surface area (Å²) in [5, 5.41) is 3.97. The Balaban J connectivity index is 1.68. The molecule has 1 aliphatic heterocycles. The minimum Gasteiger partial charge on any atom is -0.348 e. The van der Waals surface area contributed by atoms with Gasteiger partial charge < -0.3 is 16.0 Å². The average molecular weight is 400 g/mol. The number of carbonyl (C=O) groups is 1. The fourth-order valence-electron chi connectivity index (χ4n) is 3.31. The van der Waals surface area contributed by atoms with Crippen LogP contribution in [0.2, 0.25) is 0 Å². The van der Waals surface area contributed by atoms with E-state index in [4.69, 9.17) is 5.73 Å². The number of thiazole rings is 1. The lowest BCUT2D eigenvalue weighted by molar-refractivity contribution is 0.0787. The van der Waals surface area contributed by atoms with Gasteiger partial charge in [0.15, 0.2) is 11.3 Å². The van der Waals surface area contributed by atoms with Crippen LogP contribution >= 0.6 is 11.3 Å². The summed E-state index contributed by atoms with van der Waals surface area (Å²) in [6.07, 6.45) is 0.781. The van der Waals surface area contributed by atoms with E-state index in [1.165, 1.54) is 23.5 Å². The van der Waals surface area contributed by atoms with Gasteiger partial charge >= 0.3 is 0 Å². The molecule has 1 fully saturated rings. The van der Waals surface area contributed by atoms with Gasteiger partial charge in [-0.3, -0.25) is 4.79 Å². The maximum absolute atomic E-state index is 13.5. The summed E-state index contributed by atoms with van der Waals surface area (Å²) < 4.78 is 14.2. The van der Waals surface area contributed by atoms with Gasteiger partial charge in [0.25, 0.3) is 5.91 Å². The number of anilines is 1. The van der Waals surface area contributed by atoms with Crippen molar-refractivity contribution in [2.24, 2.45) is 5.73 Å². The Morgan fingerprint density at radius 1 is 1.39 bits per heavy atom. The molecule has 7 nitrogen and oxygen atoms in total. The second-order valence-electron chi connectivity index (χ2n) is 7.00. The highest BCUT2D eigenvalue weighted by atomic mass is 32.1.